The van der Waals surface area contributed by atoms with Crippen molar-refractivity contribution in [2.75, 3.05) is 13.1 Å². The number of thiazole rings is 1. The topological polar surface area (TPSA) is 82.5 Å². The third kappa shape index (κ3) is 3.93. The van der Waals surface area contributed by atoms with E-state index in [9.17, 15) is 9.59 Å². The third-order valence-electron chi connectivity index (χ3n) is 3.69. The number of aromatic nitrogens is 1. The molecule has 21 heavy (non-hydrogen) atoms. The Labute approximate surface area is 128 Å². The molecule has 6 nitrogen and oxygen atoms in total. The Morgan fingerprint density at radius 1 is 1.62 bits per heavy atom. The molecule has 1 saturated heterocycles. The Kier molecular flexibility index (Phi) is 5.17. The summed E-state index contributed by atoms with van der Waals surface area (Å²) in [5, 5.41) is 12.8. The van der Waals surface area contributed by atoms with Crippen molar-refractivity contribution in [2.24, 2.45) is 5.92 Å². The van der Waals surface area contributed by atoms with Crippen LogP contribution in [0, 0.1) is 5.92 Å². The van der Waals surface area contributed by atoms with Gasteiger partial charge in [0.05, 0.1) is 12.0 Å². The minimum absolute atomic E-state index is 0.159. The van der Waals surface area contributed by atoms with Crippen LogP contribution >= 0.6 is 11.3 Å². The number of carbonyl (C=O) groups is 2. The Balaban J connectivity index is 1.92. The van der Waals surface area contributed by atoms with E-state index in [4.69, 9.17) is 5.11 Å². The molecular formula is C14H21N3O3S. The minimum atomic E-state index is -0.826. The number of piperidine rings is 1. The molecule has 0 radical (unpaired) electrons. The Morgan fingerprint density at radius 3 is 3.00 bits per heavy atom. The Morgan fingerprint density at radius 2 is 2.38 bits per heavy atom. The summed E-state index contributed by atoms with van der Waals surface area (Å²) in [6, 6.07) is -0.366. The number of hydrogen-bond donors (Lipinski definition) is 2. The lowest BCUT2D eigenvalue weighted by Crippen LogP contribution is -2.47. The quantitative estimate of drug-likeness (QED) is 0.893. The van der Waals surface area contributed by atoms with Crippen molar-refractivity contribution in [3.63, 3.8) is 0 Å². The van der Waals surface area contributed by atoms with Crippen molar-refractivity contribution in [1.29, 1.82) is 0 Å². The largest absolute Gasteiger partial charge is 0.481 e. The van der Waals surface area contributed by atoms with E-state index in [1.165, 1.54) is 4.88 Å². The van der Waals surface area contributed by atoms with Gasteiger partial charge in [-0.3, -0.25) is 4.79 Å². The predicted octanol–water partition coefficient (Wildman–Crippen LogP) is 2.27. The second kappa shape index (κ2) is 6.89. The van der Waals surface area contributed by atoms with Crippen molar-refractivity contribution in [1.82, 2.24) is 15.2 Å². The van der Waals surface area contributed by atoms with Gasteiger partial charge in [-0.1, -0.05) is 6.92 Å². The smallest absolute Gasteiger partial charge is 0.317 e. The van der Waals surface area contributed by atoms with E-state index in [1.54, 1.807) is 16.2 Å². The first-order valence-corrected chi connectivity index (χ1v) is 8.05. The summed E-state index contributed by atoms with van der Waals surface area (Å²) in [5.74, 6) is -1.28. The van der Waals surface area contributed by atoms with E-state index in [0.29, 0.717) is 13.0 Å². The molecule has 0 bridgehead atoms. The molecule has 1 aliphatic heterocycles. The highest BCUT2D eigenvalue weighted by molar-refractivity contribution is 7.11. The summed E-state index contributed by atoms with van der Waals surface area (Å²) in [4.78, 5) is 30.4. The van der Waals surface area contributed by atoms with Gasteiger partial charge in [-0.15, -0.1) is 11.3 Å². The number of carboxylic acid groups (broad SMARTS) is 1. The summed E-state index contributed by atoms with van der Waals surface area (Å²) >= 11 is 1.60. The summed E-state index contributed by atoms with van der Waals surface area (Å²) in [6.07, 6.45) is 4.14. The van der Waals surface area contributed by atoms with E-state index < -0.39 is 11.9 Å². The minimum Gasteiger partial charge on any atom is -0.481 e. The number of likely N-dealkylation sites (tertiary alicyclic amines) is 1. The number of carboxylic acids is 1. The van der Waals surface area contributed by atoms with E-state index >= 15 is 0 Å². The highest BCUT2D eigenvalue weighted by atomic mass is 32.1. The normalized spacial score (nSPS) is 20.1. The van der Waals surface area contributed by atoms with Crippen LogP contribution in [0.2, 0.25) is 0 Å². The fraction of sp³-hybridized carbons (Fsp3) is 0.643. The molecule has 2 heterocycles. The lowest BCUT2D eigenvalue weighted by molar-refractivity contribution is -0.143. The van der Waals surface area contributed by atoms with Crippen LogP contribution in [-0.4, -0.2) is 40.1 Å². The molecular weight excluding hydrogens is 290 g/mol. The third-order valence-corrected chi connectivity index (χ3v) is 5.01. The molecule has 1 unspecified atom stereocenters. The van der Waals surface area contributed by atoms with Gasteiger partial charge in [0, 0.05) is 24.2 Å². The van der Waals surface area contributed by atoms with Crippen molar-refractivity contribution in [2.45, 2.75) is 39.2 Å². The second-order valence-electron chi connectivity index (χ2n) is 5.31. The van der Waals surface area contributed by atoms with Gasteiger partial charge in [0.1, 0.15) is 5.01 Å². The van der Waals surface area contributed by atoms with Gasteiger partial charge < -0.3 is 15.3 Å². The van der Waals surface area contributed by atoms with Crippen LogP contribution in [0.15, 0.2) is 6.20 Å². The van der Waals surface area contributed by atoms with Crippen molar-refractivity contribution >= 4 is 23.3 Å². The van der Waals surface area contributed by atoms with Gasteiger partial charge in [0.15, 0.2) is 0 Å². The van der Waals surface area contributed by atoms with Crippen molar-refractivity contribution < 1.29 is 14.7 Å². The van der Waals surface area contributed by atoms with Crippen LogP contribution in [0.1, 0.15) is 42.6 Å². The van der Waals surface area contributed by atoms with Gasteiger partial charge in [-0.05, 0) is 26.2 Å². The lowest BCUT2D eigenvalue weighted by Gasteiger charge is -2.31. The van der Waals surface area contributed by atoms with E-state index in [0.717, 1.165) is 17.8 Å². The monoisotopic (exact) mass is 311 g/mol. The molecule has 1 aliphatic rings. The molecule has 2 atom stereocenters. The van der Waals surface area contributed by atoms with Crippen molar-refractivity contribution in [3.05, 3.63) is 16.1 Å². The summed E-state index contributed by atoms with van der Waals surface area (Å²) in [6.45, 7) is 4.86. The molecule has 2 amide bonds. The first kappa shape index (κ1) is 15.8. The van der Waals surface area contributed by atoms with Crippen LogP contribution < -0.4 is 5.32 Å². The molecule has 1 aromatic rings. The zero-order valence-corrected chi connectivity index (χ0v) is 13.2. The molecule has 7 heteroatoms. The molecule has 0 saturated carbocycles. The molecule has 0 aliphatic carbocycles. The molecule has 2 N–H and O–H groups in total. The number of nitrogens with zero attached hydrogens (tertiary/aromatic N) is 2. The van der Waals surface area contributed by atoms with E-state index in [2.05, 4.69) is 17.2 Å². The Hall–Kier alpha value is -1.63. The number of rotatable bonds is 4. The molecule has 2 rings (SSSR count). The summed E-state index contributed by atoms with van der Waals surface area (Å²) < 4.78 is 0. The van der Waals surface area contributed by atoms with Gasteiger partial charge in [0.25, 0.3) is 0 Å². The van der Waals surface area contributed by atoms with E-state index in [-0.39, 0.29) is 18.6 Å². The lowest BCUT2D eigenvalue weighted by atomic mass is 9.99. The van der Waals surface area contributed by atoms with Gasteiger partial charge in [0.2, 0.25) is 0 Å². The number of urea groups is 1. The maximum Gasteiger partial charge on any atom is 0.317 e. The van der Waals surface area contributed by atoms with Crippen LogP contribution in [0.4, 0.5) is 4.79 Å². The molecule has 1 aromatic heterocycles. The molecule has 0 aromatic carbocycles. The van der Waals surface area contributed by atoms with Crippen LogP contribution in [0.3, 0.4) is 0 Å². The zero-order valence-electron chi connectivity index (χ0n) is 12.3. The van der Waals surface area contributed by atoms with Gasteiger partial charge in [-0.2, -0.15) is 0 Å². The standard InChI is InChI=1S/C14H21N3O3S/c1-3-11-7-15-12(21-11)9(2)16-14(20)17-6-4-5-10(8-17)13(18)19/h7,9-10H,3-6,8H2,1-2H3,(H,16,20)(H,18,19)/t9?,10-/m0/s1. The average Bonchev–Trinajstić information content (AvgIpc) is 2.96. The SMILES string of the molecule is CCc1cnc(C(C)NC(=O)N2CCC[C@H](C(=O)O)C2)s1. The average molecular weight is 311 g/mol. The zero-order chi connectivity index (χ0) is 15.4. The first-order chi connectivity index (χ1) is 10.0. The Bertz CT molecular complexity index is 517. The number of hydrogen-bond acceptors (Lipinski definition) is 4. The highest BCUT2D eigenvalue weighted by Crippen LogP contribution is 2.21. The predicted molar refractivity (Wildman–Crippen MR) is 80.4 cm³/mol. The number of nitrogens with one attached hydrogen (secondary N) is 1. The number of carbonyl (C=O) groups excluding carboxylic acids is 1. The second-order valence-corrected chi connectivity index (χ2v) is 6.46. The van der Waals surface area contributed by atoms with Gasteiger partial charge in [-0.25, -0.2) is 9.78 Å². The molecule has 1 fully saturated rings. The summed E-state index contributed by atoms with van der Waals surface area (Å²) in [5.41, 5.74) is 0. The number of aryl methyl sites for hydroxylation is 1. The highest BCUT2D eigenvalue weighted by Gasteiger charge is 2.28. The first-order valence-electron chi connectivity index (χ1n) is 7.24. The molecule has 116 valence electrons. The van der Waals surface area contributed by atoms with Gasteiger partial charge >= 0.3 is 12.0 Å². The number of aliphatic carboxylic acids is 1. The summed E-state index contributed by atoms with van der Waals surface area (Å²) in [7, 11) is 0. The maximum absolute atomic E-state index is 12.2. The van der Waals surface area contributed by atoms with Crippen molar-refractivity contribution in [3.8, 4) is 0 Å². The molecule has 0 spiro atoms. The van der Waals surface area contributed by atoms with E-state index in [1.807, 2.05) is 13.1 Å². The fourth-order valence-corrected chi connectivity index (χ4v) is 3.25. The fourth-order valence-electron chi connectivity index (χ4n) is 2.39. The van der Waals surface area contributed by atoms with Crippen LogP contribution in [0.5, 0.6) is 0 Å². The van der Waals surface area contributed by atoms with Crippen LogP contribution in [-0.2, 0) is 11.2 Å². The maximum atomic E-state index is 12.2. The number of amides is 2. The van der Waals surface area contributed by atoms with Crippen LogP contribution in [0.25, 0.3) is 0 Å².